The minimum atomic E-state index is 0.589. The molecule has 6 aromatic carbocycles. The minimum Gasteiger partial charge on any atom is -0.436 e. The van der Waals surface area contributed by atoms with Gasteiger partial charge in [-0.15, -0.1) is 0 Å². The summed E-state index contributed by atoms with van der Waals surface area (Å²) in [5, 5.41) is 0. The highest BCUT2D eigenvalue weighted by Gasteiger charge is 2.16. The van der Waals surface area contributed by atoms with E-state index in [1.54, 1.807) is 0 Å². The summed E-state index contributed by atoms with van der Waals surface area (Å²) in [5.41, 5.74) is 9.54. The molecule has 0 aliphatic rings. The summed E-state index contributed by atoms with van der Waals surface area (Å²) in [7, 11) is 0. The number of oxazole rings is 1. The number of hydrogen-bond donors (Lipinski definition) is 0. The fourth-order valence-electron chi connectivity index (χ4n) is 5.50. The molecule has 5 nitrogen and oxygen atoms in total. The van der Waals surface area contributed by atoms with Crippen LogP contribution in [0.25, 0.3) is 79.0 Å². The molecule has 0 spiro atoms. The van der Waals surface area contributed by atoms with Gasteiger partial charge >= 0.3 is 0 Å². The van der Waals surface area contributed by atoms with Gasteiger partial charge < -0.3 is 4.42 Å². The number of fused-ring (bicyclic) bond motifs is 1. The van der Waals surface area contributed by atoms with Crippen LogP contribution >= 0.6 is 0 Å². The van der Waals surface area contributed by atoms with Crippen molar-refractivity contribution in [3.63, 3.8) is 0 Å². The molecule has 212 valence electrons. The van der Waals surface area contributed by atoms with Gasteiger partial charge in [0.15, 0.2) is 23.1 Å². The topological polar surface area (TPSA) is 64.7 Å². The Morgan fingerprint density at radius 2 is 0.800 bits per heavy atom. The number of hydrogen-bond acceptors (Lipinski definition) is 5. The highest BCUT2D eigenvalue weighted by atomic mass is 16.3. The monoisotopic (exact) mass is 578 g/mol. The second-order valence-electron chi connectivity index (χ2n) is 10.7. The Morgan fingerprint density at radius 3 is 1.42 bits per heavy atom. The van der Waals surface area contributed by atoms with Gasteiger partial charge in [0, 0.05) is 27.8 Å². The van der Waals surface area contributed by atoms with E-state index >= 15 is 0 Å². The molecule has 0 bridgehead atoms. The Kier molecular flexibility index (Phi) is 6.74. The molecule has 0 N–H and O–H groups in total. The van der Waals surface area contributed by atoms with E-state index in [2.05, 4.69) is 54.6 Å². The summed E-state index contributed by atoms with van der Waals surface area (Å²) < 4.78 is 6.26. The molecule has 0 aliphatic heterocycles. The summed E-state index contributed by atoms with van der Waals surface area (Å²) in [5.74, 6) is 2.46. The van der Waals surface area contributed by atoms with Crippen LogP contribution in [-0.2, 0) is 0 Å². The molecular formula is C40H26N4O. The van der Waals surface area contributed by atoms with Crippen molar-refractivity contribution >= 4 is 11.1 Å². The predicted octanol–water partition coefficient (Wildman–Crippen LogP) is 10.0. The number of aromatic nitrogens is 4. The SMILES string of the molecule is c1ccc(-c2ccc(-c3nc4c(-c5cccc(-c6nc(-c7ccccc7)nc(-c7ccccc7)n6)c5)cccc4o3)cc2)cc1. The van der Waals surface area contributed by atoms with Crippen LogP contribution < -0.4 is 0 Å². The van der Waals surface area contributed by atoms with Gasteiger partial charge in [0.2, 0.25) is 5.89 Å². The van der Waals surface area contributed by atoms with Crippen molar-refractivity contribution in [1.29, 1.82) is 0 Å². The van der Waals surface area contributed by atoms with Gasteiger partial charge in [-0.1, -0.05) is 133 Å². The Labute approximate surface area is 260 Å². The highest BCUT2D eigenvalue weighted by molar-refractivity contribution is 5.93. The second kappa shape index (κ2) is 11.5. The summed E-state index contributed by atoms with van der Waals surface area (Å²) in [6.07, 6.45) is 0. The lowest BCUT2D eigenvalue weighted by Crippen LogP contribution is -2.00. The van der Waals surface area contributed by atoms with Crippen molar-refractivity contribution in [3.05, 3.63) is 158 Å². The molecule has 8 aromatic rings. The van der Waals surface area contributed by atoms with E-state index in [1.165, 1.54) is 5.56 Å². The quantitative estimate of drug-likeness (QED) is 0.196. The number of nitrogens with zero attached hydrogens (tertiary/aromatic N) is 4. The van der Waals surface area contributed by atoms with E-state index in [1.807, 2.05) is 103 Å². The maximum atomic E-state index is 6.26. The van der Waals surface area contributed by atoms with Crippen LogP contribution in [0.4, 0.5) is 0 Å². The molecule has 0 amide bonds. The number of para-hydroxylation sites is 1. The van der Waals surface area contributed by atoms with Gasteiger partial charge in [-0.25, -0.2) is 19.9 Å². The van der Waals surface area contributed by atoms with Crippen LogP contribution in [0.2, 0.25) is 0 Å². The van der Waals surface area contributed by atoms with Crippen molar-refractivity contribution in [2.45, 2.75) is 0 Å². The fraction of sp³-hybridized carbons (Fsp3) is 0. The molecule has 0 aliphatic carbocycles. The molecule has 0 fully saturated rings. The summed E-state index contributed by atoms with van der Waals surface area (Å²) in [4.78, 5) is 19.6. The molecule has 0 unspecified atom stereocenters. The van der Waals surface area contributed by atoms with Crippen molar-refractivity contribution in [2.24, 2.45) is 0 Å². The van der Waals surface area contributed by atoms with E-state index in [-0.39, 0.29) is 0 Å². The summed E-state index contributed by atoms with van der Waals surface area (Å²) >= 11 is 0. The first kappa shape index (κ1) is 26.4. The smallest absolute Gasteiger partial charge is 0.227 e. The molecule has 2 aromatic heterocycles. The zero-order valence-electron chi connectivity index (χ0n) is 24.2. The standard InChI is InChI=1S/C40H26N4O/c1-4-12-27(13-5-1)28-22-24-31(25-23-28)40-41-36-34(20-11-21-35(36)45-40)32-18-10-19-33(26-32)39-43-37(29-14-6-2-7-15-29)42-38(44-39)30-16-8-3-9-17-30/h1-26H. The molecule has 0 radical (unpaired) electrons. The van der Waals surface area contributed by atoms with E-state index in [0.29, 0.717) is 23.4 Å². The van der Waals surface area contributed by atoms with Gasteiger partial charge in [0.25, 0.3) is 0 Å². The minimum absolute atomic E-state index is 0.589. The van der Waals surface area contributed by atoms with Crippen LogP contribution in [0.1, 0.15) is 0 Å². The lowest BCUT2D eigenvalue weighted by atomic mass is 10.0. The normalized spacial score (nSPS) is 11.1. The Hall–Kier alpha value is -6.20. The molecule has 5 heteroatoms. The predicted molar refractivity (Wildman–Crippen MR) is 180 cm³/mol. The zero-order valence-corrected chi connectivity index (χ0v) is 24.2. The van der Waals surface area contributed by atoms with Crippen LogP contribution in [0, 0.1) is 0 Å². The molecule has 0 saturated heterocycles. The van der Waals surface area contributed by atoms with Gasteiger partial charge in [0.05, 0.1) is 0 Å². The Bertz CT molecular complexity index is 2190. The van der Waals surface area contributed by atoms with Crippen LogP contribution in [0.3, 0.4) is 0 Å². The van der Waals surface area contributed by atoms with Crippen molar-refractivity contribution in [2.75, 3.05) is 0 Å². The average Bonchev–Trinajstić information content (AvgIpc) is 3.58. The van der Waals surface area contributed by atoms with Gasteiger partial charge in [-0.2, -0.15) is 0 Å². The first-order valence-corrected chi connectivity index (χ1v) is 14.8. The summed E-state index contributed by atoms with van der Waals surface area (Å²) in [6, 6.07) is 53.0. The van der Waals surface area contributed by atoms with Crippen LogP contribution in [0.5, 0.6) is 0 Å². The largest absolute Gasteiger partial charge is 0.436 e. The molecular weight excluding hydrogens is 552 g/mol. The second-order valence-corrected chi connectivity index (χ2v) is 10.7. The third-order valence-corrected chi connectivity index (χ3v) is 7.79. The van der Waals surface area contributed by atoms with Crippen molar-refractivity contribution in [3.8, 4) is 67.9 Å². The maximum absolute atomic E-state index is 6.26. The van der Waals surface area contributed by atoms with Crippen LogP contribution in [-0.4, -0.2) is 19.9 Å². The van der Waals surface area contributed by atoms with E-state index in [0.717, 1.165) is 50.0 Å². The molecule has 8 rings (SSSR count). The van der Waals surface area contributed by atoms with E-state index in [4.69, 9.17) is 24.4 Å². The van der Waals surface area contributed by atoms with Crippen LogP contribution in [0.15, 0.2) is 162 Å². The first-order valence-electron chi connectivity index (χ1n) is 14.8. The third kappa shape index (κ3) is 5.28. The van der Waals surface area contributed by atoms with E-state index < -0.39 is 0 Å². The average molecular weight is 579 g/mol. The lowest BCUT2D eigenvalue weighted by molar-refractivity contribution is 0.620. The molecule has 0 saturated carbocycles. The number of benzene rings is 6. The van der Waals surface area contributed by atoms with Gasteiger partial charge in [0.1, 0.15) is 5.52 Å². The molecule has 0 atom stereocenters. The Morgan fingerprint density at radius 1 is 0.333 bits per heavy atom. The maximum Gasteiger partial charge on any atom is 0.227 e. The zero-order chi connectivity index (χ0) is 30.0. The van der Waals surface area contributed by atoms with Crippen molar-refractivity contribution < 1.29 is 4.42 Å². The van der Waals surface area contributed by atoms with E-state index in [9.17, 15) is 0 Å². The highest BCUT2D eigenvalue weighted by Crippen LogP contribution is 2.34. The molecule has 45 heavy (non-hydrogen) atoms. The van der Waals surface area contributed by atoms with Gasteiger partial charge in [-0.05, 0) is 41.0 Å². The first-order chi connectivity index (χ1) is 22.3. The molecule has 2 heterocycles. The number of rotatable bonds is 6. The lowest BCUT2D eigenvalue weighted by Gasteiger charge is -2.09. The third-order valence-electron chi connectivity index (χ3n) is 7.79. The van der Waals surface area contributed by atoms with Gasteiger partial charge in [-0.3, -0.25) is 0 Å². The Balaban J connectivity index is 1.19. The fourth-order valence-corrected chi connectivity index (χ4v) is 5.50. The summed E-state index contributed by atoms with van der Waals surface area (Å²) in [6.45, 7) is 0. The van der Waals surface area contributed by atoms with Crippen molar-refractivity contribution in [1.82, 2.24) is 19.9 Å².